The molecule has 0 bridgehead atoms. The van der Waals surface area contributed by atoms with Gasteiger partial charge >= 0.3 is 0 Å². The number of likely N-dealkylation sites (N-methyl/N-ethyl adjacent to an activating group) is 2. The number of ether oxygens (including phenoxy) is 2. The molecule has 0 unspecified atom stereocenters. The third-order valence-electron chi connectivity index (χ3n) is 7.15. The van der Waals surface area contributed by atoms with Gasteiger partial charge in [-0.15, -0.1) is 0 Å². The number of nitrogens with zero attached hydrogens (tertiary/aromatic N) is 3. The number of pyridine rings is 1. The minimum atomic E-state index is -0.0437. The van der Waals surface area contributed by atoms with Crippen LogP contribution in [-0.4, -0.2) is 66.0 Å². The summed E-state index contributed by atoms with van der Waals surface area (Å²) < 4.78 is 11.7. The Morgan fingerprint density at radius 3 is 1.40 bits per heavy atom. The van der Waals surface area contributed by atoms with E-state index < -0.39 is 0 Å². The summed E-state index contributed by atoms with van der Waals surface area (Å²) in [6, 6.07) is 29.6. The van der Waals surface area contributed by atoms with Crippen LogP contribution in [0, 0.1) is 0 Å². The molecule has 1 aromatic heterocycles. The monoisotopic (exact) mass is 565 g/mol. The molecule has 7 nitrogen and oxygen atoms in total. The Bertz CT molecular complexity index is 1390. The predicted octanol–water partition coefficient (Wildman–Crippen LogP) is 6.58. The molecule has 4 rings (SSSR count). The molecule has 4 aromatic rings. The number of benzene rings is 3. The second-order valence-corrected chi connectivity index (χ2v) is 9.76. The lowest BCUT2D eigenvalue weighted by molar-refractivity contribution is -0.133. The van der Waals surface area contributed by atoms with Gasteiger partial charge in [-0.1, -0.05) is 54.6 Å². The Morgan fingerprint density at radius 1 is 0.548 bits per heavy atom. The van der Waals surface area contributed by atoms with E-state index in [1.165, 1.54) is 0 Å². The van der Waals surface area contributed by atoms with E-state index in [1.807, 2.05) is 94.4 Å². The zero-order chi connectivity index (χ0) is 29.9. The topological polar surface area (TPSA) is 72.0 Å². The van der Waals surface area contributed by atoms with Crippen molar-refractivity contribution in [1.29, 1.82) is 0 Å². The van der Waals surface area contributed by atoms with E-state index in [4.69, 9.17) is 14.5 Å². The molecular formula is C35H39N3O4. The van der Waals surface area contributed by atoms with Crippen LogP contribution in [0.2, 0.25) is 0 Å². The van der Waals surface area contributed by atoms with Crippen LogP contribution in [0.3, 0.4) is 0 Å². The largest absolute Gasteiger partial charge is 0.484 e. The molecule has 0 atom stereocenters. The minimum absolute atomic E-state index is 0.0164. The Balaban J connectivity index is 1.65. The van der Waals surface area contributed by atoms with Crippen molar-refractivity contribution >= 4 is 11.8 Å². The summed E-state index contributed by atoms with van der Waals surface area (Å²) in [6.07, 6.45) is 0. The van der Waals surface area contributed by atoms with E-state index in [0.717, 1.165) is 33.6 Å². The van der Waals surface area contributed by atoms with E-state index in [2.05, 4.69) is 24.3 Å². The van der Waals surface area contributed by atoms with Gasteiger partial charge in [-0.05, 0) is 75.2 Å². The fraction of sp³-hybridized carbons (Fsp3) is 0.286. The molecule has 0 saturated carbocycles. The second kappa shape index (κ2) is 14.8. The Labute approximate surface area is 248 Å². The van der Waals surface area contributed by atoms with Crippen molar-refractivity contribution in [3.05, 3.63) is 91.0 Å². The zero-order valence-corrected chi connectivity index (χ0v) is 24.9. The highest BCUT2D eigenvalue weighted by atomic mass is 16.5. The summed E-state index contributed by atoms with van der Waals surface area (Å²) in [4.78, 5) is 33.5. The van der Waals surface area contributed by atoms with Gasteiger partial charge in [-0.2, -0.15) is 0 Å². The van der Waals surface area contributed by atoms with Crippen molar-refractivity contribution in [1.82, 2.24) is 14.8 Å². The maximum atomic E-state index is 12.5. The van der Waals surface area contributed by atoms with Crippen molar-refractivity contribution in [2.24, 2.45) is 0 Å². The van der Waals surface area contributed by atoms with Crippen molar-refractivity contribution in [2.45, 2.75) is 27.7 Å². The van der Waals surface area contributed by atoms with Gasteiger partial charge in [0, 0.05) is 37.3 Å². The fourth-order valence-electron chi connectivity index (χ4n) is 4.74. The summed E-state index contributed by atoms with van der Waals surface area (Å²) in [7, 11) is 0. The Kier molecular flexibility index (Phi) is 10.7. The van der Waals surface area contributed by atoms with Gasteiger partial charge in [-0.25, -0.2) is 4.98 Å². The summed E-state index contributed by atoms with van der Waals surface area (Å²) in [5, 5.41) is 0. The van der Waals surface area contributed by atoms with Gasteiger partial charge in [0.1, 0.15) is 11.5 Å². The molecule has 0 N–H and O–H groups in total. The maximum absolute atomic E-state index is 12.5. The van der Waals surface area contributed by atoms with E-state index in [-0.39, 0.29) is 25.0 Å². The van der Waals surface area contributed by atoms with Crippen LogP contribution >= 0.6 is 0 Å². The average molecular weight is 566 g/mol. The fourth-order valence-corrected chi connectivity index (χ4v) is 4.74. The van der Waals surface area contributed by atoms with E-state index in [0.29, 0.717) is 37.7 Å². The number of carbonyl (C=O) groups is 2. The Morgan fingerprint density at radius 2 is 0.976 bits per heavy atom. The third kappa shape index (κ3) is 7.75. The number of amides is 2. The minimum Gasteiger partial charge on any atom is -0.484 e. The first kappa shape index (κ1) is 30.3. The molecular weight excluding hydrogens is 526 g/mol. The molecule has 0 radical (unpaired) electrons. The zero-order valence-electron chi connectivity index (χ0n) is 24.9. The lowest BCUT2D eigenvalue weighted by Crippen LogP contribution is -2.34. The number of hydrogen-bond donors (Lipinski definition) is 0. The van der Waals surface area contributed by atoms with Crippen molar-refractivity contribution in [3.63, 3.8) is 0 Å². The number of carbonyl (C=O) groups excluding carboxylic acids is 2. The van der Waals surface area contributed by atoms with Crippen LogP contribution in [0.5, 0.6) is 11.5 Å². The highest BCUT2D eigenvalue weighted by Crippen LogP contribution is 2.32. The lowest BCUT2D eigenvalue weighted by Gasteiger charge is -2.19. The third-order valence-corrected chi connectivity index (χ3v) is 7.15. The Hall–Kier alpha value is -4.65. The smallest absolute Gasteiger partial charge is 0.260 e. The average Bonchev–Trinajstić information content (AvgIpc) is 3.04. The van der Waals surface area contributed by atoms with Crippen LogP contribution in [-0.2, 0) is 9.59 Å². The van der Waals surface area contributed by atoms with E-state index >= 15 is 0 Å². The van der Waals surface area contributed by atoms with Crippen molar-refractivity contribution < 1.29 is 19.1 Å². The quantitative estimate of drug-likeness (QED) is 0.183. The van der Waals surface area contributed by atoms with Crippen molar-refractivity contribution in [3.8, 4) is 45.1 Å². The SMILES string of the molecule is CCN(CC)C(=O)COc1cccc(-c2cc(-c3ccccc3)cc(-c3cccc(OCC(=O)N(CC)CC)c3)n2)c1. The van der Waals surface area contributed by atoms with Gasteiger partial charge in [0.2, 0.25) is 0 Å². The summed E-state index contributed by atoms with van der Waals surface area (Å²) >= 11 is 0. The van der Waals surface area contributed by atoms with Gasteiger partial charge < -0.3 is 19.3 Å². The highest BCUT2D eigenvalue weighted by molar-refractivity contribution is 5.79. The van der Waals surface area contributed by atoms with Gasteiger partial charge in [0.15, 0.2) is 13.2 Å². The maximum Gasteiger partial charge on any atom is 0.260 e. The molecule has 0 saturated heterocycles. The van der Waals surface area contributed by atoms with Gasteiger partial charge in [-0.3, -0.25) is 9.59 Å². The molecule has 0 aliphatic rings. The van der Waals surface area contributed by atoms with E-state index in [1.54, 1.807) is 9.80 Å². The standard InChI is InChI=1S/C35H39N3O4/c1-5-37(6-2)34(39)24-41-30-18-12-16-27(20-30)32-22-29(26-14-10-9-11-15-26)23-33(36-32)28-17-13-19-31(21-28)42-25-35(40)38(7-3)8-4/h9-23H,5-8,24-25H2,1-4H3. The van der Waals surface area contributed by atoms with Crippen LogP contribution in [0.1, 0.15) is 27.7 Å². The predicted molar refractivity (Wildman–Crippen MR) is 167 cm³/mol. The van der Waals surface area contributed by atoms with Gasteiger partial charge in [0.05, 0.1) is 11.4 Å². The van der Waals surface area contributed by atoms with Crippen LogP contribution in [0.15, 0.2) is 91.0 Å². The number of aromatic nitrogens is 1. The summed E-state index contributed by atoms with van der Waals surface area (Å²) in [5.74, 6) is 1.13. The molecule has 42 heavy (non-hydrogen) atoms. The van der Waals surface area contributed by atoms with E-state index in [9.17, 15) is 9.59 Å². The molecule has 2 amide bonds. The first-order chi connectivity index (χ1) is 20.4. The van der Waals surface area contributed by atoms with Crippen LogP contribution in [0.4, 0.5) is 0 Å². The first-order valence-electron chi connectivity index (χ1n) is 14.5. The molecule has 1 heterocycles. The molecule has 0 spiro atoms. The number of hydrogen-bond acceptors (Lipinski definition) is 5. The molecule has 7 heteroatoms. The highest BCUT2D eigenvalue weighted by Gasteiger charge is 2.14. The second-order valence-electron chi connectivity index (χ2n) is 9.76. The molecule has 0 aliphatic carbocycles. The van der Waals surface area contributed by atoms with Crippen LogP contribution in [0.25, 0.3) is 33.6 Å². The lowest BCUT2D eigenvalue weighted by atomic mass is 10.00. The van der Waals surface area contributed by atoms with Crippen molar-refractivity contribution in [2.75, 3.05) is 39.4 Å². The number of rotatable bonds is 13. The summed E-state index contributed by atoms with van der Waals surface area (Å²) in [5.41, 5.74) is 5.38. The summed E-state index contributed by atoms with van der Waals surface area (Å²) in [6.45, 7) is 10.4. The van der Waals surface area contributed by atoms with Crippen LogP contribution < -0.4 is 9.47 Å². The molecule has 3 aromatic carbocycles. The molecule has 218 valence electrons. The molecule has 0 fully saturated rings. The molecule has 0 aliphatic heterocycles. The normalized spacial score (nSPS) is 10.7. The van der Waals surface area contributed by atoms with Gasteiger partial charge in [0.25, 0.3) is 11.8 Å². The first-order valence-corrected chi connectivity index (χ1v) is 14.5.